The second kappa shape index (κ2) is 8.89. The Morgan fingerprint density at radius 3 is 2.72 bits per heavy atom. The molecule has 0 fully saturated rings. The van der Waals surface area contributed by atoms with Gasteiger partial charge in [-0.1, -0.05) is 12.2 Å². The first kappa shape index (κ1) is 23.4. The number of aliphatic imine (C=N–C) groups is 1. The molecule has 9 nitrogen and oxygen atoms in total. The number of nitrogens with one attached hydrogen (secondary N) is 1. The molecule has 0 spiro atoms. The minimum atomic E-state index is -3.88. The number of hydrogen-bond donors (Lipinski definition) is 1. The van der Waals surface area contributed by atoms with E-state index in [1.54, 1.807) is 31.9 Å². The van der Waals surface area contributed by atoms with E-state index in [1.807, 2.05) is 15.8 Å². The number of methoxy groups -OCH3 is 1. The summed E-state index contributed by atoms with van der Waals surface area (Å²) in [6.45, 7) is 7.79. The molecule has 2 aliphatic heterocycles. The van der Waals surface area contributed by atoms with Gasteiger partial charge in [0.05, 0.1) is 25.1 Å². The number of anilines is 1. The summed E-state index contributed by atoms with van der Waals surface area (Å²) in [5, 5.41) is 0. The fraction of sp³-hybridized carbons (Fsp3) is 0.444. The molecule has 2 aromatic rings. The molecule has 172 valence electrons. The Bertz CT molecular complexity index is 1280. The topological polar surface area (TPSA) is 92.1 Å². The number of hydrogen-bond acceptors (Lipinski definition) is 10. The Morgan fingerprint density at radius 1 is 1.25 bits per heavy atom. The Morgan fingerprint density at radius 2 is 2.00 bits per heavy atom. The van der Waals surface area contributed by atoms with E-state index in [-0.39, 0.29) is 10.9 Å². The van der Waals surface area contributed by atoms with Crippen molar-refractivity contribution in [3.05, 3.63) is 26.7 Å². The fourth-order valence-corrected chi connectivity index (χ4v) is 7.51. The quantitative estimate of drug-likeness (QED) is 0.473. The molecule has 32 heavy (non-hydrogen) atoms. The van der Waals surface area contributed by atoms with Gasteiger partial charge < -0.3 is 4.74 Å². The number of aromatic nitrogens is 2. The van der Waals surface area contributed by atoms with E-state index >= 15 is 0 Å². The predicted molar refractivity (Wildman–Crippen MR) is 135 cm³/mol. The summed E-state index contributed by atoms with van der Waals surface area (Å²) >= 11 is 13.5. The molecule has 0 bridgehead atoms. The SMILES string of the molecule is COc1cc(C)c(S(=O)(=O)NC2=NCCN2C(=S)SN2CCn3c2nsc3=S)c(C)c1C. The van der Waals surface area contributed by atoms with Crippen LogP contribution in [0.1, 0.15) is 16.7 Å². The number of sulfonamides is 1. The van der Waals surface area contributed by atoms with E-state index in [2.05, 4.69) is 14.1 Å². The van der Waals surface area contributed by atoms with Gasteiger partial charge in [0.25, 0.3) is 10.0 Å². The molecule has 2 aliphatic rings. The summed E-state index contributed by atoms with van der Waals surface area (Å²) in [6.07, 6.45) is 0. The van der Waals surface area contributed by atoms with Crippen LogP contribution in [0.5, 0.6) is 5.75 Å². The van der Waals surface area contributed by atoms with Crippen molar-refractivity contribution in [3.63, 3.8) is 0 Å². The van der Waals surface area contributed by atoms with Crippen LogP contribution >= 0.6 is 47.9 Å². The van der Waals surface area contributed by atoms with Crippen LogP contribution in [0.15, 0.2) is 16.0 Å². The van der Waals surface area contributed by atoms with Crippen molar-refractivity contribution in [2.75, 3.05) is 31.0 Å². The van der Waals surface area contributed by atoms with Crippen molar-refractivity contribution >= 4 is 74.2 Å². The summed E-state index contributed by atoms with van der Waals surface area (Å²) in [4.78, 5) is 6.30. The number of thiocarbonyl (C=S) groups is 1. The summed E-state index contributed by atoms with van der Waals surface area (Å²) in [6, 6.07) is 1.73. The molecule has 0 radical (unpaired) electrons. The molecule has 0 saturated carbocycles. The first-order chi connectivity index (χ1) is 15.1. The first-order valence-corrected chi connectivity index (χ1v) is 13.5. The maximum absolute atomic E-state index is 13.3. The van der Waals surface area contributed by atoms with Crippen molar-refractivity contribution in [1.82, 2.24) is 18.6 Å². The van der Waals surface area contributed by atoms with Crippen LogP contribution in [0, 0.1) is 24.7 Å². The Labute approximate surface area is 205 Å². The zero-order chi connectivity index (χ0) is 23.2. The lowest BCUT2D eigenvalue weighted by atomic mass is 10.1. The lowest BCUT2D eigenvalue weighted by Crippen LogP contribution is -2.44. The highest BCUT2D eigenvalue weighted by Gasteiger charge is 2.32. The number of nitrogens with zero attached hydrogens (tertiary/aromatic N) is 5. The second-order valence-electron chi connectivity index (χ2n) is 7.30. The van der Waals surface area contributed by atoms with Crippen LogP contribution in [0.25, 0.3) is 0 Å². The van der Waals surface area contributed by atoms with E-state index in [4.69, 9.17) is 29.2 Å². The molecule has 4 rings (SSSR count). The average Bonchev–Trinajstić information content (AvgIpc) is 3.43. The van der Waals surface area contributed by atoms with Gasteiger partial charge in [0.2, 0.25) is 11.9 Å². The summed E-state index contributed by atoms with van der Waals surface area (Å²) in [5.74, 6) is 1.65. The maximum atomic E-state index is 13.3. The van der Waals surface area contributed by atoms with Crippen LogP contribution in [-0.4, -0.2) is 59.3 Å². The van der Waals surface area contributed by atoms with Gasteiger partial charge in [0, 0.05) is 25.0 Å². The molecule has 1 N–H and O–H groups in total. The van der Waals surface area contributed by atoms with Gasteiger partial charge in [-0.3, -0.25) is 18.8 Å². The van der Waals surface area contributed by atoms with Crippen LogP contribution in [0.3, 0.4) is 0 Å². The highest BCUT2D eigenvalue weighted by atomic mass is 32.2. The van der Waals surface area contributed by atoms with E-state index in [9.17, 15) is 8.42 Å². The molecule has 0 aliphatic carbocycles. The average molecular weight is 531 g/mol. The van der Waals surface area contributed by atoms with Crippen molar-refractivity contribution in [2.45, 2.75) is 32.2 Å². The number of guanidine groups is 1. The van der Waals surface area contributed by atoms with Crippen LogP contribution in [-0.2, 0) is 16.6 Å². The monoisotopic (exact) mass is 530 g/mol. The number of ether oxygens (including phenoxy) is 1. The third kappa shape index (κ3) is 4.14. The normalized spacial score (nSPS) is 15.7. The Kier molecular flexibility index (Phi) is 6.51. The molecule has 14 heteroatoms. The van der Waals surface area contributed by atoms with Crippen LogP contribution in [0.2, 0.25) is 0 Å². The molecule has 1 aromatic heterocycles. The van der Waals surface area contributed by atoms with E-state index in [0.29, 0.717) is 34.3 Å². The number of rotatable bonds is 4. The lowest BCUT2D eigenvalue weighted by Gasteiger charge is -2.24. The minimum absolute atomic E-state index is 0.226. The summed E-state index contributed by atoms with van der Waals surface area (Å²) < 4.78 is 44.2. The van der Waals surface area contributed by atoms with Gasteiger partial charge in [0.15, 0.2) is 8.27 Å². The third-order valence-electron chi connectivity index (χ3n) is 5.36. The number of fused-ring (bicyclic) bond motifs is 1. The van der Waals surface area contributed by atoms with Gasteiger partial charge >= 0.3 is 0 Å². The molecule has 0 amide bonds. The Hall–Kier alpha value is -1.74. The molecule has 3 heterocycles. The summed E-state index contributed by atoms with van der Waals surface area (Å²) in [5.41, 5.74) is 2.02. The lowest BCUT2D eigenvalue weighted by molar-refractivity contribution is 0.410. The van der Waals surface area contributed by atoms with Crippen molar-refractivity contribution < 1.29 is 13.2 Å². The first-order valence-electron chi connectivity index (χ1n) is 9.69. The largest absolute Gasteiger partial charge is 0.496 e. The molecule has 0 saturated heterocycles. The highest BCUT2D eigenvalue weighted by molar-refractivity contribution is 8.23. The van der Waals surface area contributed by atoms with Crippen LogP contribution < -0.4 is 13.8 Å². The van der Waals surface area contributed by atoms with Gasteiger partial charge in [-0.25, -0.2) is 13.1 Å². The maximum Gasteiger partial charge on any atom is 0.264 e. The molecular weight excluding hydrogens is 509 g/mol. The Balaban J connectivity index is 1.54. The van der Waals surface area contributed by atoms with Crippen molar-refractivity contribution in [2.24, 2.45) is 4.99 Å². The van der Waals surface area contributed by atoms with E-state index in [0.717, 1.165) is 28.6 Å². The van der Waals surface area contributed by atoms with Crippen molar-refractivity contribution in [3.8, 4) is 5.75 Å². The zero-order valence-electron chi connectivity index (χ0n) is 17.9. The molecule has 0 atom stereocenters. The molecule has 0 unspecified atom stereocenters. The minimum Gasteiger partial charge on any atom is -0.496 e. The van der Waals surface area contributed by atoms with Gasteiger partial charge in [-0.05, 0) is 67.3 Å². The van der Waals surface area contributed by atoms with Crippen molar-refractivity contribution in [1.29, 1.82) is 0 Å². The van der Waals surface area contributed by atoms with Crippen LogP contribution in [0.4, 0.5) is 5.95 Å². The van der Waals surface area contributed by atoms with E-state index < -0.39 is 10.0 Å². The van der Waals surface area contributed by atoms with Gasteiger partial charge in [0.1, 0.15) is 5.75 Å². The standard InChI is InChI=1S/C18H22N6O3S5/c1-10-9-13(27-4)11(2)12(3)14(10)32(25,26)21-15-19-5-6-22(15)18(29)31-24-8-7-23-16(24)20-30-17(23)28/h9H,5-8H2,1-4H3,(H,19,21). The number of aryl methyl sites for hydroxylation is 1. The third-order valence-corrected chi connectivity index (χ3v) is 9.44. The molecule has 1 aromatic carbocycles. The summed E-state index contributed by atoms with van der Waals surface area (Å²) in [7, 11) is -2.31. The van der Waals surface area contributed by atoms with Gasteiger partial charge in [-0.2, -0.15) is 4.37 Å². The van der Waals surface area contributed by atoms with E-state index in [1.165, 1.54) is 23.5 Å². The molecular formula is C18H22N6O3S5. The predicted octanol–water partition coefficient (Wildman–Crippen LogP) is 3.01. The smallest absolute Gasteiger partial charge is 0.264 e. The highest BCUT2D eigenvalue weighted by Crippen LogP contribution is 2.32. The zero-order valence-corrected chi connectivity index (χ0v) is 22.0. The van der Waals surface area contributed by atoms with Gasteiger partial charge in [-0.15, -0.1) is 0 Å². The second-order valence-corrected chi connectivity index (χ2v) is 12.0. The fourth-order valence-electron chi connectivity index (χ4n) is 3.68. The number of benzene rings is 1.